The van der Waals surface area contributed by atoms with Crippen molar-refractivity contribution in [3.63, 3.8) is 0 Å². The number of benzene rings is 2. The van der Waals surface area contributed by atoms with E-state index in [1.807, 2.05) is 72.2 Å². The fourth-order valence-corrected chi connectivity index (χ4v) is 5.94. The molecule has 1 N–H and O–H groups in total. The highest BCUT2D eigenvalue weighted by atomic mass is 35.5. The summed E-state index contributed by atoms with van der Waals surface area (Å²) < 4.78 is 31.7. The first-order valence-electron chi connectivity index (χ1n) is 14.3. The number of carboxylic acids is 1. The Labute approximate surface area is 270 Å². The molecule has 2 aromatic carbocycles. The van der Waals surface area contributed by atoms with E-state index in [1.165, 1.54) is 0 Å². The van der Waals surface area contributed by atoms with Crippen LogP contribution in [0.1, 0.15) is 48.0 Å². The van der Waals surface area contributed by atoms with Crippen molar-refractivity contribution in [1.82, 2.24) is 14.7 Å². The van der Waals surface area contributed by atoms with Crippen molar-refractivity contribution in [2.45, 2.75) is 44.3 Å². The maximum atomic E-state index is 13.5. The minimum atomic E-state index is -5.08. The normalized spacial score (nSPS) is 18.9. The Kier molecular flexibility index (Phi) is 12.1. The van der Waals surface area contributed by atoms with Crippen molar-refractivity contribution in [3.8, 4) is 0 Å². The van der Waals surface area contributed by atoms with Crippen LogP contribution in [0.3, 0.4) is 0 Å². The first-order chi connectivity index (χ1) is 21.0. The van der Waals surface area contributed by atoms with E-state index in [9.17, 15) is 27.6 Å². The number of alkyl halides is 3. The third kappa shape index (κ3) is 9.26. The molecule has 2 aromatic rings. The van der Waals surface area contributed by atoms with Crippen LogP contribution in [0.5, 0.6) is 0 Å². The Hall–Kier alpha value is -3.51. The number of piperidine rings is 2. The molecule has 9 nitrogen and oxygen atoms in total. The largest absolute Gasteiger partial charge is 0.490 e. The molecular weight excluding hydrogens is 636 g/mol. The predicted molar refractivity (Wildman–Crippen MR) is 166 cm³/mol. The van der Waals surface area contributed by atoms with Gasteiger partial charge in [0, 0.05) is 83.4 Å². The van der Waals surface area contributed by atoms with Gasteiger partial charge in [-0.05, 0) is 61.2 Å². The lowest BCUT2D eigenvalue weighted by Gasteiger charge is -2.44. The van der Waals surface area contributed by atoms with E-state index >= 15 is 0 Å². The Morgan fingerprint density at radius 2 is 1.42 bits per heavy atom. The number of nitrogens with zero attached hydrogens (tertiary/aromatic N) is 4. The van der Waals surface area contributed by atoms with Gasteiger partial charge in [-0.2, -0.15) is 13.2 Å². The highest BCUT2D eigenvalue weighted by Crippen LogP contribution is 2.35. The molecule has 2 aliphatic rings. The van der Waals surface area contributed by atoms with Gasteiger partial charge in [-0.1, -0.05) is 29.3 Å². The van der Waals surface area contributed by atoms with Crippen molar-refractivity contribution in [1.29, 1.82) is 0 Å². The number of carbonyl (C=O) groups excluding carboxylic acids is 3. The van der Waals surface area contributed by atoms with Gasteiger partial charge in [-0.15, -0.1) is 0 Å². The minimum Gasteiger partial charge on any atom is -0.475 e. The zero-order chi connectivity index (χ0) is 33.6. The van der Waals surface area contributed by atoms with Crippen LogP contribution in [-0.2, 0) is 14.4 Å². The fraction of sp³-hybridized carbons (Fsp3) is 0.484. The number of rotatable bonds is 5. The van der Waals surface area contributed by atoms with Gasteiger partial charge in [-0.3, -0.25) is 14.4 Å². The zero-order valence-electron chi connectivity index (χ0n) is 25.5. The monoisotopic (exact) mass is 672 g/mol. The predicted octanol–water partition coefficient (Wildman–Crippen LogP) is 5.41. The van der Waals surface area contributed by atoms with Gasteiger partial charge in [0.25, 0.3) is 5.91 Å². The molecular formula is C31H37Cl2F3N4O5. The molecule has 0 bridgehead atoms. The SMILES string of the molecule is CC(=O)N1CCC(C(=O)N2CC[C@@H](N(C)C(=O)c3ccc(N(C)C)cc3)[C@H](c3ccc(Cl)c(Cl)c3)C2)CC1.O=C(O)C(F)(F)F. The molecule has 45 heavy (non-hydrogen) atoms. The van der Waals surface area contributed by atoms with Gasteiger partial charge in [0.05, 0.1) is 10.0 Å². The van der Waals surface area contributed by atoms with Crippen molar-refractivity contribution in [2.75, 3.05) is 52.2 Å². The molecule has 0 spiro atoms. The average Bonchev–Trinajstić information content (AvgIpc) is 3.01. The number of carbonyl (C=O) groups is 4. The lowest BCUT2D eigenvalue weighted by molar-refractivity contribution is -0.192. The Balaban J connectivity index is 0.000000707. The summed E-state index contributed by atoms with van der Waals surface area (Å²) in [5, 5.41) is 8.05. The van der Waals surface area contributed by atoms with E-state index in [4.69, 9.17) is 33.1 Å². The van der Waals surface area contributed by atoms with E-state index in [2.05, 4.69) is 0 Å². The van der Waals surface area contributed by atoms with E-state index < -0.39 is 12.1 Å². The molecule has 0 radical (unpaired) electrons. The number of hydrogen-bond acceptors (Lipinski definition) is 5. The second kappa shape index (κ2) is 15.2. The van der Waals surface area contributed by atoms with Gasteiger partial charge >= 0.3 is 12.1 Å². The highest BCUT2D eigenvalue weighted by Gasteiger charge is 2.39. The van der Waals surface area contributed by atoms with Gasteiger partial charge in [0.1, 0.15) is 0 Å². The number of hydrogen-bond donors (Lipinski definition) is 1. The molecule has 0 saturated carbocycles. The zero-order valence-corrected chi connectivity index (χ0v) is 27.0. The Bertz CT molecular complexity index is 1380. The second-order valence-electron chi connectivity index (χ2n) is 11.4. The number of halogens is 5. The molecule has 4 rings (SSSR count). The molecule has 0 aliphatic carbocycles. The van der Waals surface area contributed by atoms with E-state index in [0.717, 1.165) is 11.3 Å². The van der Waals surface area contributed by atoms with Gasteiger partial charge in [0.15, 0.2) is 0 Å². The lowest BCUT2D eigenvalue weighted by Crippen LogP contribution is -2.53. The van der Waals surface area contributed by atoms with Gasteiger partial charge < -0.3 is 24.7 Å². The van der Waals surface area contributed by atoms with Crippen LogP contribution >= 0.6 is 23.2 Å². The molecule has 2 aliphatic heterocycles. The fourth-order valence-electron chi connectivity index (χ4n) is 5.63. The van der Waals surface area contributed by atoms with Gasteiger partial charge in [-0.25, -0.2) is 4.79 Å². The van der Waals surface area contributed by atoms with Crippen LogP contribution in [0.4, 0.5) is 18.9 Å². The summed E-state index contributed by atoms with van der Waals surface area (Å²) in [6, 6.07) is 13.0. The van der Waals surface area contributed by atoms with Crippen LogP contribution in [0.25, 0.3) is 0 Å². The summed E-state index contributed by atoms with van der Waals surface area (Å²) >= 11 is 12.6. The summed E-state index contributed by atoms with van der Waals surface area (Å²) in [7, 11) is 5.77. The third-order valence-corrected chi connectivity index (χ3v) is 8.98. The van der Waals surface area contributed by atoms with Crippen LogP contribution < -0.4 is 4.90 Å². The molecule has 0 aromatic heterocycles. The summed E-state index contributed by atoms with van der Waals surface area (Å²) in [6.07, 6.45) is -3.07. The lowest BCUT2D eigenvalue weighted by atomic mass is 9.83. The Morgan fingerprint density at radius 1 is 0.867 bits per heavy atom. The maximum Gasteiger partial charge on any atom is 0.490 e. The minimum absolute atomic E-state index is 0.0539. The van der Waals surface area contributed by atoms with Crippen molar-refractivity contribution >= 4 is 52.6 Å². The number of likely N-dealkylation sites (tertiary alicyclic amines) is 2. The summed E-state index contributed by atoms with van der Waals surface area (Å²) in [6.45, 7) is 3.87. The van der Waals surface area contributed by atoms with Crippen LogP contribution in [0, 0.1) is 5.92 Å². The second-order valence-corrected chi connectivity index (χ2v) is 12.2. The molecule has 14 heteroatoms. The number of aliphatic carboxylic acids is 1. The highest BCUT2D eigenvalue weighted by molar-refractivity contribution is 6.42. The van der Waals surface area contributed by atoms with Crippen molar-refractivity contribution < 1.29 is 37.5 Å². The van der Waals surface area contributed by atoms with E-state index in [0.29, 0.717) is 61.1 Å². The summed E-state index contributed by atoms with van der Waals surface area (Å²) in [5.41, 5.74) is 2.61. The number of amides is 3. The molecule has 2 fully saturated rings. The molecule has 2 atom stereocenters. The Morgan fingerprint density at radius 3 is 1.91 bits per heavy atom. The quantitative estimate of drug-likeness (QED) is 0.456. The van der Waals surface area contributed by atoms with Crippen LogP contribution in [-0.4, -0.2) is 103 Å². The molecule has 246 valence electrons. The van der Waals surface area contributed by atoms with E-state index in [-0.39, 0.29) is 35.6 Å². The molecule has 3 amide bonds. The van der Waals surface area contributed by atoms with E-state index in [1.54, 1.807) is 17.9 Å². The first-order valence-corrected chi connectivity index (χ1v) is 15.1. The number of anilines is 1. The molecule has 2 saturated heterocycles. The topological polar surface area (TPSA) is 101 Å². The number of carboxylic acid groups (broad SMARTS) is 1. The summed E-state index contributed by atoms with van der Waals surface area (Å²) in [4.78, 5) is 55.2. The van der Waals surface area contributed by atoms with Crippen LogP contribution in [0.2, 0.25) is 10.0 Å². The standard InChI is InChI=1S/C29H36Cl2N4O3.C2HF3O2/c1-19(36)34-14-11-21(12-15-34)29(38)35-16-13-27(24(18-35)22-7-10-25(30)26(31)17-22)33(4)28(37)20-5-8-23(9-6-20)32(2)3;3-2(4,5)1(6)7/h5-10,17,21,24,27H,11-16,18H2,1-4H3;(H,6,7)/t24-,27+;/m0./s1. The number of likely N-dealkylation sites (N-methyl/N-ethyl adjacent to an activating group) is 1. The van der Waals surface area contributed by atoms with Crippen molar-refractivity contribution in [3.05, 3.63) is 63.6 Å². The first kappa shape index (κ1) is 36.0. The van der Waals surface area contributed by atoms with Gasteiger partial charge in [0.2, 0.25) is 11.8 Å². The van der Waals surface area contributed by atoms with Crippen molar-refractivity contribution in [2.24, 2.45) is 5.92 Å². The summed E-state index contributed by atoms with van der Waals surface area (Å²) in [5.74, 6) is -2.83. The van der Waals surface area contributed by atoms with Crippen LogP contribution in [0.15, 0.2) is 42.5 Å². The third-order valence-electron chi connectivity index (χ3n) is 8.24. The molecule has 2 heterocycles. The smallest absolute Gasteiger partial charge is 0.475 e. The average molecular weight is 674 g/mol. The molecule has 0 unspecified atom stereocenters. The maximum absolute atomic E-state index is 13.5.